The van der Waals surface area contributed by atoms with Crippen molar-refractivity contribution in [1.29, 1.82) is 0 Å². The number of benzene rings is 1. The van der Waals surface area contributed by atoms with Gasteiger partial charge in [-0.1, -0.05) is 0 Å². The Labute approximate surface area is 98.9 Å². The molecule has 0 fully saturated rings. The molecular formula is C12H13FN4. The van der Waals surface area contributed by atoms with Crippen LogP contribution in [0.15, 0.2) is 30.5 Å². The minimum absolute atomic E-state index is 0.268. The van der Waals surface area contributed by atoms with Gasteiger partial charge in [-0.25, -0.2) is 9.37 Å². The number of rotatable bonds is 3. The van der Waals surface area contributed by atoms with E-state index >= 15 is 0 Å². The summed E-state index contributed by atoms with van der Waals surface area (Å²) in [6, 6.07) is 6.48. The van der Waals surface area contributed by atoms with Crippen molar-refractivity contribution in [2.24, 2.45) is 0 Å². The number of hydrogen-bond acceptors (Lipinski definition) is 4. The van der Waals surface area contributed by atoms with Crippen molar-refractivity contribution in [2.45, 2.75) is 6.92 Å². The molecule has 0 atom stereocenters. The van der Waals surface area contributed by atoms with E-state index in [1.807, 2.05) is 13.0 Å². The van der Waals surface area contributed by atoms with Gasteiger partial charge in [0.15, 0.2) is 0 Å². The van der Waals surface area contributed by atoms with Gasteiger partial charge in [-0.2, -0.15) is 4.98 Å². The van der Waals surface area contributed by atoms with Gasteiger partial charge in [0.05, 0.1) is 0 Å². The Balaban J connectivity index is 2.24. The van der Waals surface area contributed by atoms with Crippen molar-refractivity contribution < 1.29 is 4.39 Å². The Morgan fingerprint density at radius 2 is 2.06 bits per heavy atom. The van der Waals surface area contributed by atoms with Gasteiger partial charge in [-0.05, 0) is 36.8 Å². The van der Waals surface area contributed by atoms with Gasteiger partial charge in [0, 0.05) is 18.9 Å². The molecule has 0 aliphatic heterocycles. The summed E-state index contributed by atoms with van der Waals surface area (Å²) in [6.07, 6.45) is 1.63. The third kappa shape index (κ3) is 2.90. The second-order valence-electron chi connectivity index (χ2n) is 3.66. The highest BCUT2D eigenvalue weighted by molar-refractivity contribution is 5.57. The van der Waals surface area contributed by atoms with Crippen molar-refractivity contribution >= 4 is 17.5 Å². The number of aromatic nitrogens is 2. The standard InChI is InChI=1S/C12H13FN4/c1-8-5-9(13)7-10(6-8)16-11-3-4-15-12(14-2)17-11/h3-7H,1-2H3,(H2,14,15,16,17). The summed E-state index contributed by atoms with van der Waals surface area (Å²) in [6.45, 7) is 1.84. The first kappa shape index (κ1) is 11.3. The van der Waals surface area contributed by atoms with Crippen molar-refractivity contribution in [2.75, 3.05) is 17.7 Å². The van der Waals surface area contributed by atoms with Crippen LogP contribution < -0.4 is 10.6 Å². The summed E-state index contributed by atoms with van der Waals surface area (Å²) in [4.78, 5) is 8.19. The van der Waals surface area contributed by atoms with Crippen LogP contribution in [0.3, 0.4) is 0 Å². The number of aryl methyl sites for hydroxylation is 1. The van der Waals surface area contributed by atoms with Crippen LogP contribution in [0.1, 0.15) is 5.56 Å². The molecule has 4 nitrogen and oxygen atoms in total. The van der Waals surface area contributed by atoms with Crippen LogP contribution in [0.25, 0.3) is 0 Å². The Kier molecular flexibility index (Phi) is 3.18. The second-order valence-corrected chi connectivity index (χ2v) is 3.66. The highest BCUT2D eigenvalue weighted by Crippen LogP contribution is 2.18. The maximum Gasteiger partial charge on any atom is 0.224 e. The van der Waals surface area contributed by atoms with Gasteiger partial charge < -0.3 is 10.6 Å². The van der Waals surface area contributed by atoms with Crippen LogP contribution in [0.2, 0.25) is 0 Å². The van der Waals surface area contributed by atoms with Crippen molar-refractivity contribution in [3.05, 3.63) is 41.8 Å². The van der Waals surface area contributed by atoms with Gasteiger partial charge in [0.1, 0.15) is 11.6 Å². The van der Waals surface area contributed by atoms with E-state index in [1.165, 1.54) is 12.1 Å². The van der Waals surface area contributed by atoms with Crippen molar-refractivity contribution in [1.82, 2.24) is 9.97 Å². The van der Waals surface area contributed by atoms with Gasteiger partial charge in [-0.15, -0.1) is 0 Å². The molecular weight excluding hydrogens is 219 g/mol. The minimum Gasteiger partial charge on any atom is -0.357 e. The van der Waals surface area contributed by atoms with E-state index in [-0.39, 0.29) is 5.82 Å². The molecule has 88 valence electrons. The normalized spacial score (nSPS) is 10.1. The first-order valence-electron chi connectivity index (χ1n) is 5.22. The van der Waals surface area contributed by atoms with Gasteiger partial charge in [0.25, 0.3) is 0 Å². The zero-order chi connectivity index (χ0) is 12.3. The molecule has 1 aromatic heterocycles. The lowest BCUT2D eigenvalue weighted by Crippen LogP contribution is -2.00. The molecule has 0 spiro atoms. The topological polar surface area (TPSA) is 49.8 Å². The maximum atomic E-state index is 13.2. The van der Waals surface area contributed by atoms with E-state index in [0.29, 0.717) is 17.5 Å². The van der Waals surface area contributed by atoms with Crippen LogP contribution in [0, 0.1) is 12.7 Å². The van der Waals surface area contributed by atoms with Crippen molar-refractivity contribution in [3.63, 3.8) is 0 Å². The minimum atomic E-state index is -0.268. The van der Waals surface area contributed by atoms with E-state index in [4.69, 9.17) is 0 Å². The fourth-order valence-corrected chi connectivity index (χ4v) is 1.51. The molecule has 5 heteroatoms. The highest BCUT2D eigenvalue weighted by atomic mass is 19.1. The van der Waals surface area contributed by atoms with Crippen LogP contribution in [0.4, 0.5) is 21.8 Å². The van der Waals surface area contributed by atoms with Gasteiger partial charge >= 0.3 is 0 Å². The Morgan fingerprint density at radius 3 is 2.76 bits per heavy atom. The predicted molar refractivity (Wildman–Crippen MR) is 66.0 cm³/mol. The van der Waals surface area contributed by atoms with Gasteiger partial charge in [0.2, 0.25) is 5.95 Å². The average Bonchev–Trinajstić information content (AvgIpc) is 2.28. The fraction of sp³-hybridized carbons (Fsp3) is 0.167. The second kappa shape index (κ2) is 4.78. The number of hydrogen-bond donors (Lipinski definition) is 2. The molecule has 0 amide bonds. The SMILES string of the molecule is CNc1nccc(Nc2cc(C)cc(F)c2)n1. The molecule has 0 unspecified atom stereocenters. The van der Waals surface area contributed by atoms with E-state index in [9.17, 15) is 4.39 Å². The molecule has 1 heterocycles. The summed E-state index contributed by atoms with van der Waals surface area (Å²) in [7, 11) is 1.74. The van der Waals surface area contributed by atoms with Crippen LogP contribution >= 0.6 is 0 Å². The largest absolute Gasteiger partial charge is 0.357 e. The summed E-state index contributed by atoms with van der Waals surface area (Å²) in [5, 5.41) is 5.87. The number of halogens is 1. The Morgan fingerprint density at radius 1 is 1.24 bits per heavy atom. The lowest BCUT2D eigenvalue weighted by Gasteiger charge is -2.07. The predicted octanol–water partition coefficient (Wildman–Crippen LogP) is 2.71. The summed E-state index contributed by atoms with van der Waals surface area (Å²) >= 11 is 0. The van der Waals surface area contributed by atoms with E-state index in [0.717, 1.165) is 5.56 Å². The summed E-state index contributed by atoms with van der Waals surface area (Å²) in [5.41, 5.74) is 1.53. The lowest BCUT2D eigenvalue weighted by atomic mass is 10.2. The number of anilines is 3. The van der Waals surface area contributed by atoms with E-state index < -0.39 is 0 Å². The molecule has 0 aliphatic rings. The molecule has 17 heavy (non-hydrogen) atoms. The maximum absolute atomic E-state index is 13.2. The molecule has 2 N–H and O–H groups in total. The van der Waals surface area contributed by atoms with Crippen LogP contribution in [-0.4, -0.2) is 17.0 Å². The number of nitrogens with one attached hydrogen (secondary N) is 2. The summed E-state index contributed by atoms with van der Waals surface area (Å²) < 4.78 is 13.2. The molecule has 0 radical (unpaired) electrons. The van der Waals surface area contributed by atoms with Crippen LogP contribution in [0.5, 0.6) is 0 Å². The van der Waals surface area contributed by atoms with Crippen LogP contribution in [-0.2, 0) is 0 Å². The molecule has 0 saturated heterocycles. The third-order valence-electron chi connectivity index (χ3n) is 2.19. The Bertz CT molecular complexity index is 507. The highest BCUT2D eigenvalue weighted by Gasteiger charge is 2.01. The molecule has 2 rings (SSSR count). The zero-order valence-electron chi connectivity index (χ0n) is 9.66. The summed E-state index contributed by atoms with van der Waals surface area (Å²) in [5.74, 6) is 0.868. The average molecular weight is 232 g/mol. The van der Waals surface area contributed by atoms with E-state index in [2.05, 4.69) is 20.6 Å². The van der Waals surface area contributed by atoms with Gasteiger partial charge in [-0.3, -0.25) is 0 Å². The third-order valence-corrected chi connectivity index (χ3v) is 2.19. The quantitative estimate of drug-likeness (QED) is 0.854. The molecule has 0 bridgehead atoms. The lowest BCUT2D eigenvalue weighted by molar-refractivity contribution is 0.627. The smallest absolute Gasteiger partial charge is 0.224 e. The monoisotopic (exact) mass is 232 g/mol. The fourth-order valence-electron chi connectivity index (χ4n) is 1.51. The molecule has 2 aromatic rings. The first-order chi connectivity index (χ1) is 8.17. The first-order valence-corrected chi connectivity index (χ1v) is 5.22. The van der Waals surface area contributed by atoms with Crippen molar-refractivity contribution in [3.8, 4) is 0 Å². The Hall–Kier alpha value is -2.17. The number of nitrogens with zero attached hydrogens (tertiary/aromatic N) is 2. The molecule has 0 saturated carbocycles. The zero-order valence-corrected chi connectivity index (χ0v) is 9.66. The van der Waals surface area contributed by atoms with E-state index in [1.54, 1.807) is 19.3 Å². The molecule has 1 aromatic carbocycles. The molecule has 0 aliphatic carbocycles.